The summed E-state index contributed by atoms with van der Waals surface area (Å²) in [6.07, 6.45) is 2.62. The van der Waals surface area contributed by atoms with E-state index in [1.54, 1.807) is 6.07 Å². The van der Waals surface area contributed by atoms with Crippen molar-refractivity contribution in [3.05, 3.63) is 35.1 Å². The van der Waals surface area contributed by atoms with Gasteiger partial charge in [0.2, 0.25) is 0 Å². The van der Waals surface area contributed by atoms with Gasteiger partial charge in [-0.15, -0.1) is 0 Å². The molecule has 0 amide bonds. The van der Waals surface area contributed by atoms with Crippen LogP contribution in [0.25, 0.3) is 0 Å². The van der Waals surface area contributed by atoms with Gasteiger partial charge in [-0.3, -0.25) is 0 Å². The van der Waals surface area contributed by atoms with E-state index >= 15 is 0 Å². The summed E-state index contributed by atoms with van der Waals surface area (Å²) in [5.41, 5.74) is 0.912. The first-order chi connectivity index (χ1) is 7.90. The largest absolute Gasteiger partial charge is 0.385 e. The highest BCUT2D eigenvalue weighted by Crippen LogP contribution is 2.43. The summed E-state index contributed by atoms with van der Waals surface area (Å²) in [5, 5.41) is 10.8. The molecule has 1 aliphatic carbocycles. The second-order valence-corrected chi connectivity index (χ2v) is 5.85. The molecule has 1 nitrogen and oxygen atoms in total. The fraction of sp³-hybridized carbons (Fsp3) is 0.600. The van der Waals surface area contributed by atoms with Crippen molar-refractivity contribution in [1.82, 2.24) is 0 Å². The van der Waals surface area contributed by atoms with E-state index in [0.29, 0.717) is 11.8 Å². The third-order valence-corrected chi connectivity index (χ3v) is 3.88. The van der Waals surface area contributed by atoms with Gasteiger partial charge in [-0.05, 0) is 61.3 Å². The molecule has 0 aromatic heterocycles. The highest BCUT2D eigenvalue weighted by Gasteiger charge is 2.38. The van der Waals surface area contributed by atoms with Crippen molar-refractivity contribution in [3.8, 4) is 0 Å². The van der Waals surface area contributed by atoms with Gasteiger partial charge in [0.25, 0.3) is 0 Å². The van der Waals surface area contributed by atoms with Gasteiger partial charge in [-0.1, -0.05) is 19.9 Å². The lowest BCUT2D eigenvalue weighted by molar-refractivity contribution is -0.0369. The predicted octanol–water partition coefficient (Wildman–Crippen LogP) is 3.78. The van der Waals surface area contributed by atoms with Crippen LogP contribution >= 0.6 is 0 Å². The van der Waals surface area contributed by atoms with E-state index in [1.807, 2.05) is 6.92 Å². The molecule has 2 atom stereocenters. The van der Waals surface area contributed by atoms with Gasteiger partial charge in [0.15, 0.2) is 0 Å². The number of rotatable bonds is 1. The molecule has 1 aromatic carbocycles. The fourth-order valence-corrected chi connectivity index (χ4v) is 3.41. The summed E-state index contributed by atoms with van der Waals surface area (Å²) in [7, 11) is 0. The molecule has 17 heavy (non-hydrogen) atoms. The molecule has 0 radical (unpaired) electrons. The van der Waals surface area contributed by atoms with Crippen molar-refractivity contribution in [3.63, 3.8) is 0 Å². The molecule has 0 aliphatic heterocycles. The first kappa shape index (κ1) is 12.6. The summed E-state index contributed by atoms with van der Waals surface area (Å²) in [4.78, 5) is 0. The smallest absolute Gasteiger partial charge is 0.123 e. The summed E-state index contributed by atoms with van der Waals surface area (Å²) in [5.74, 6) is 0.725. The molecule has 0 heterocycles. The van der Waals surface area contributed by atoms with Crippen LogP contribution in [0.1, 0.15) is 44.2 Å². The second kappa shape index (κ2) is 4.41. The van der Waals surface area contributed by atoms with E-state index in [-0.39, 0.29) is 5.82 Å². The highest BCUT2D eigenvalue weighted by molar-refractivity contribution is 5.32. The van der Waals surface area contributed by atoms with Crippen LogP contribution in [-0.2, 0) is 5.60 Å². The maximum atomic E-state index is 13.4. The zero-order valence-corrected chi connectivity index (χ0v) is 10.8. The molecule has 1 aliphatic rings. The van der Waals surface area contributed by atoms with E-state index in [0.717, 1.165) is 30.4 Å². The standard InChI is InChI=1S/C15H21FO/c1-10-6-11(2)9-15(17,8-10)14-7-13(16)5-4-12(14)3/h4-5,7,10-11,17H,6,8-9H2,1-3H3. The van der Waals surface area contributed by atoms with Crippen LogP contribution in [0.15, 0.2) is 18.2 Å². The lowest BCUT2D eigenvalue weighted by Crippen LogP contribution is -2.36. The van der Waals surface area contributed by atoms with Crippen molar-refractivity contribution in [2.75, 3.05) is 0 Å². The zero-order chi connectivity index (χ0) is 12.6. The average Bonchev–Trinajstić information content (AvgIpc) is 2.19. The molecule has 1 saturated carbocycles. The SMILES string of the molecule is Cc1ccc(F)cc1C1(O)CC(C)CC(C)C1. The first-order valence-corrected chi connectivity index (χ1v) is 6.40. The minimum absolute atomic E-state index is 0.259. The Morgan fingerprint density at radius 2 is 1.82 bits per heavy atom. The number of halogens is 1. The van der Waals surface area contributed by atoms with Crippen LogP contribution < -0.4 is 0 Å². The van der Waals surface area contributed by atoms with Crippen molar-refractivity contribution < 1.29 is 9.50 Å². The maximum absolute atomic E-state index is 13.4. The maximum Gasteiger partial charge on any atom is 0.123 e. The molecule has 1 aromatic rings. The first-order valence-electron chi connectivity index (χ1n) is 6.40. The van der Waals surface area contributed by atoms with E-state index in [9.17, 15) is 9.50 Å². The van der Waals surface area contributed by atoms with Crippen molar-refractivity contribution in [1.29, 1.82) is 0 Å². The van der Waals surface area contributed by atoms with Crippen LogP contribution in [0.5, 0.6) is 0 Å². The molecule has 1 fully saturated rings. The third-order valence-electron chi connectivity index (χ3n) is 3.88. The Labute approximate surface area is 103 Å². The second-order valence-electron chi connectivity index (χ2n) is 5.85. The summed E-state index contributed by atoms with van der Waals surface area (Å²) in [6.45, 7) is 6.27. The van der Waals surface area contributed by atoms with E-state index in [2.05, 4.69) is 13.8 Å². The van der Waals surface area contributed by atoms with Crippen molar-refractivity contribution in [2.45, 2.75) is 45.6 Å². The zero-order valence-electron chi connectivity index (χ0n) is 10.8. The van der Waals surface area contributed by atoms with Gasteiger partial charge in [0, 0.05) is 0 Å². The Hall–Kier alpha value is -0.890. The molecular formula is C15H21FO. The molecule has 2 rings (SSSR count). The quantitative estimate of drug-likeness (QED) is 0.786. The van der Waals surface area contributed by atoms with Crippen LogP contribution in [0, 0.1) is 24.6 Å². The van der Waals surface area contributed by atoms with E-state index in [4.69, 9.17) is 0 Å². The third kappa shape index (κ3) is 2.52. The summed E-state index contributed by atoms with van der Waals surface area (Å²) >= 11 is 0. The topological polar surface area (TPSA) is 20.2 Å². The molecule has 2 unspecified atom stereocenters. The Bertz CT molecular complexity index is 403. The molecule has 0 spiro atoms. The normalized spacial score (nSPS) is 33.7. The lowest BCUT2D eigenvalue weighted by atomic mass is 9.70. The van der Waals surface area contributed by atoms with Gasteiger partial charge < -0.3 is 5.11 Å². The number of hydrogen-bond donors (Lipinski definition) is 1. The van der Waals surface area contributed by atoms with Crippen LogP contribution in [-0.4, -0.2) is 5.11 Å². The molecule has 0 saturated heterocycles. The van der Waals surface area contributed by atoms with Crippen molar-refractivity contribution in [2.24, 2.45) is 11.8 Å². The molecule has 1 N–H and O–H groups in total. The Morgan fingerprint density at radius 3 is 2.41 bits per heavy atom. The minimum Gasteiger partial charge on any atom is -0.385 e. The summed E-state index contributed by atoms with van der Waals surface area (Å²) in [6, 6.07) is 4.71. The number of aliphatic hydroxyl groups is 1. The highest BCUT2D eigenvalue weighted by atomic mass is 19.1. The van der Waals surface area contributed by atoms with Crippen LogP contribution in [0.2, 0.25) is 0 Å². The summed E-state index contributed by atoms with van der Waals surface area (Å²) < 4.78 is 13.4. The molecule has 0 bridgehead atoms. The number of aryl methyl sites for hydroxylation is 1. The minimum atomic E-state index is -0.844. The van der Waals surface area contributed by atoms with E-state index in [1.165, 1.54) is 12.1 Å². The Kier molecular flexibility index (Phi) is 3.26. The average molecular weight is 236 g/mol. The monoisotopic (exact) mass is 236 g/mol. The van der Waals surface area contributed by atoms with Gasteiger partial charge >= 0.3 is 0 Å². The Morgan fingerprint density at radius 1 is 1.24 bits per heavy atom. The van der Waals surface area contributed by atoms with Crippen molar-refractivity contribution >= 4 is 0 Å². The van der Waals surface area contributed by atoms with Gasteiger partial charge in [-0.2, -0.15) is 0 Å². The number of benzene rings is 1. The van der Waals surface area contributed by atoms with Gasteiger partial charge in [0.05, 0.1) is 5.60 Å². The van der Waals surface area contributed by atoms with E-state index < -0.39 is 5.60 Å². The molecule has 2 heteroatoms. The van der Waals surface area contributed by atoms with Gasteiger partial charge in [-0.25, -0.2) is 4.39 Å². The predicted molar refractivity (Wildman–Crippen MR) is 67.2 cm³/mol. The van der Waals surface area contributed by atoms with Gasteiger partial charge in [0.1, 0.15) is 5.82 Å². The molecular weight excluding hydrogens is 215 g/mol. The number of hydrogen-bond acceptors (Lipinski definition) is 1. The van der Waals surface area contributed by atoms with Crippen LogP contribution in [0.3, 0.4) is 0 Å². The molecule has 94 valence electrons. The lowest BCUT2D eigenvalue weighted by Gasteiger charge is -2.40. The Balaban J connectivity index is 2.39. The fourth-order valence-electron chi connectivity index (χ4n) is 3.41. The van der Waals surface area contributed by atoms with Crippen LogP contribution in [0.4, 0.5) is 4.39 Å².